The van der Waals surface area contributed by atoms with Gasteiger partial charge in [-0.3, -0.25) is 0 Å². The van der Waals surface area contributed by atoms with E-state index in [0.717, 1.165) is 22.3 Å². The molecule has 3 heteroatoms. The molecule has 0 bridgehead atoms. The molecule has 2 rings (SSSR count). The number of nitrogen functional groups attached to an aromatic ring is 1. The first kappa shape index (κ1) is 8.81. The predicted octanol–water partition coefficient (Wildman–Crippen LogP) is 2.54. The highest BCUT2D eigenvalue weighted by atomic mass is 16.3. The molecule has 0 aliphatic carbocycles. The molecule has 2 aromatic rings. The molecular weight excluding hydrogens is 176 g/mol. The van der Waals surface area contributed by atoms with Crippen LogP contribution in [0.3, 0.4) is 0 Å². The second kappa shape index (κ2) is 3.18. The Morgan fingerprint density at radius 1 is 1.21 bits per heavy atom. The Morgan fingerprint density at radius 2 is 2.00 bits per heavy atom. The van der Waals surface area contributed by atoms with Crippen LogP contribution in [0.4, 0.5) is 5.82 Å². The number of rotatable bonds is 1. The summed E-state index contributed by atoms with van der Waals surface area (Å²) in [4.78, 5) is 4.11. The van der Waals surface area contributed by atoms with Crippen molar-refractivity contribution in [3.05, 3.63) is 35.9 Å². The summed E-state index contributed by atoms with van der Waals surface area (Å²) in [7, 11) is 0. The predicted molar refractivity (Wildman–Crippen MR) is 55.8 cm³/mol. The van der Waals surface area contributed by atoms with Gasteiger partial charge in [0.2, 0.25) is 0 Å². The Bertz CT molecular complexity index is 460. The van der Waals surface area contributed by atoms with E-state index in [1.807, 2.05) is 19.9 Å². The van der Waals surface area contributed by atoms with E-state index in [1.54, 1.807) is 18.7 Å². The lowest BCUT2D eigenvalue weighted by Crippen LogP contribution is -1.93. The normalized spacial score (nSPS) is 10.4. The molecule has 14 heavy (non-hydrogen) atoms. The van der Waals surface area contributed by atoms with Gasteiger partial charge < -0.3 is 10.2 Å². The fourth-order valence-corrected chi connectivity index (χ4v) is 1.39. The van der Waals surface area contributed by atoms with Crippen LogP contribution in [0, 0.1) is 13.8 Å². The van der Waals surface area contributed by atoms with E-state index in [4.69, 9.17) is 10.2 Å². The van der Waals surface area contributed by atoms with Crippen molar-refractivity contribution in [1.29, 1.82) is 0 Å². The number of aromatic nitrogens is 1. The standard InChI is InChI=1S/C11H12N2O/c1-7-3-9(4-13-11(7)12)10-6-14-5-8(10)2/h3-6H,1-2H3,(H2,12,13). The van der Waals surface area contributed by atoms with Gasteiger partial charge in [-0.05, 0) is 31.0 Å². The molecule has 0 radical (unpaired) electrons. The van der Waals surface area contributed by atoms with Gasteiger partial charge in [0.25, 0.3) is 0 Å². The van der Waals surface area contributed by atoms with Crippen LogP contribution >= 0.6 is 0 Å². The van der Waals surface area contributed by atoms with E-state index in [-0.39, 0.29) is 0 Å². The number of nitrogens with two attached hydrogens (primary N) is 1. The smallest absolute Gasteiger partial charge is 0.126 e. The van der Waals surface area contributed by atoms with E-state index >= 15 is 0 Å². The monoisotopic (exact) mass is 188 g/mol. The van der Waals surface area contributed by atoms with Gasteiger partial charge in [0, 0.05) is 17.3 Å². The van der Waals surface area contributed by atoms with Crippen LogP contribution in [-0.4, -0.2) is 4.98 Å². The maximum absolute atomic E-state index is 5.65. The summed E-state index contributed by atoms with van der Waals surface area (Å²) < 4.78 is 5.11. The highest BCUT2D eigenvalue weighted by Gasteiger charge is 2.05. The maximum Gasteiger partial charge on any atom is 0.126 e. The van der Waals surface area contributed by atoms with Gasteiger partial charge in [-0.2, -0.15) is 0 Å². The molecule has 0 fully saturated rings. The van der Waals surface area contributed by atoms with Crippen molar-refractivity contribution < 1.29 is 4.42 Å². The second-order valence-corrected chi connectivity index (χ2v) is 3.39. The Hall–Kier alpha value is -1.77. The maximum atomic E-state index is 5.65. The SMILES string of the molecule is Cc1cocc1-c1cnc(N)c(C)c1. The Morgan fingerprint density at radius 3 is 2.57 bits per heavy atom. The minimum absolute atomic E-state index is 0.579. The summed E-state index contributed by atoms with van der Waals surface area (Å²) in [5.41, 5.74) is 9.86. The van der Waals surface area contributed by atoms with Crippen molar-refractivity contribution in [1.82, 2.24) is 4.98 Å². The van der Waals surface area contributed by atoms with E-state index in [2.05, 4.69) is 4.98 Å². The molecule has 72 valence electrons. The molecule has 0 saturated heterocycles. The van der Waals surface area contributed by atoms with E-state index in [9.17, 15) is 0 Å². The quantitative estimate of drug-likeness (QED) is 0.748. The summed E-state index contributed by atoms with van der Waals surface area (Å²) in [6.07, 6.45) is 5.21. The lowest BCUT2D eigenvalue weighted by atomic mass is 10.1. The second-order valence-electron chi connectivity index (χ2n) is 3.39. The highest BCUT2D eigenvalue weighted by molar-refractivity contribution is 5.67. The van der Waals surface area contributed by atoms with Crippen molar-refractivity contribution >= 4 is 5.82 Å². The molecule has 0 unspecified atom stereocenters. The van der Waals surface area contributed by atoms with E-state index in [0.29, 0.717) is 5.82 Å². The molecule has 2 heterocycles. The topological polar surface area (TPSA) is 52.0 Å². The van der Waals surface area contributed by atoms with Crippen LogP contribution in [0.1, 0.15) is 11.1 Å². The zero-order valence-electron chi connectivity index (χ0n) is 8.24. The number of nitrogens with zero attached hydrogens (tertiary/aromatic N) is 1. The lowest BCUT2D eigenvalue weighted by Gasteiger charge is -2.02. The molecule has 0 atom stereocenters. The molecule has 0 spiro atoms. The molecule has 0 amide bonds. The molecule has 0 saturated carbocycles. The molecular formula is C11H12N2O. The molecule has 0 aliphatic rings. The zero-order valence-corrected chi connectivity index (χ0v) is 8.24. The van der Waals surface area contributed by atoms with Crippen molar-refractivity contribution in [3.63, 3.8) is 0 Å². The summed E-state index contributed by atoms with van der Waals surface area (Å²) in [5.74, 6) is 0.579. The summed E-state index contributed by atoms with van der Waals surface area (Å²) in [6.45, 7) is 3.95. The van der Waals surface area contributed by atoms with Crippen LogP contribution in [0.25, 0.3) is 11.1 Å². The van der Waals surface area contributed by atoms with E-state index in [1.165, 1.54) is 0 Å². The van der Waals surface area contributed by atoms with Gasteiger partial charge >= 0.3 is 0 Å². The average molecular weight is 188 g/mol. The number of hydrogen-bond acceptors (Lipinski definition) is 3. The van der Waals surface area contributed by atoms with E-state index < -0.39 is 0 Å². The van der Waals surface area contributed by atoms with Crippen LogP contribution < -0.4 is 5.73 Å². The van der Waals surface area contributed by atoms with Crippen molar-refractivity contribution in [3.8, 4) is 11.1 Å². The third kappa shape index (κ3) is 1.37. The molecule has 0 aliphatic heterocycles. The van der Waals surface area contributed by atoms with Crippen LogP contribution in [0.15, 0.2) is 29.2 Å². The number of hydrogen-bond donors (Lipinski definition) is 1. The zero-order chi connectivity index (χ0) is 10.1. The average Bonchev–Trinajstić information content (AvgIpc) is 2.57. The Kier molecular flexibility index (Phi) is 2.00. The summed E-state index contributed by atoms with van der Waals surface area (Å²) >= 11 is 0. The first-order valence-electron chi connectivity index (χ1n) is 4.44. The number of pyridine rings is 1. The molecule has 2 N–H and O–H groups in total. The van der Waals surface area contributed by atoms with Gasteiger partial charge in [0.05, 0.1) is 12.5 Å². The Labute approximate surface area is 82.6 Å². The minimum Gasteiger partial charge on any atom is -0.472 e. The first-order chi connectivity index (χ1) is 6.68. The molecule has 2 aromatic heterocycles. The van der Waals surface area contributed by atoms with Crippen LogP contribution in [-0.2, 0) is 0 Å². The summed E-state index contributed by atoms with van der Waals surface area (Å²) in [5, 5.41) is 0. The lowest BCUT2D eigenvalue weighted by molar-refractivity contribution is 0.566. The van der Waals surface area contributed by atoms with Crippen molar-refractivity contribution in [2.24, 2.45) is 0 Å². The molecule has 3 nitrogen and oxygen atoms in total. The van der Waals surface area contributed by atoms with Gasteiger partial charge in [0.15, 0.2) is 0 Å². The van der Waals surface area contributed by atoms with Gasteiger partial charge in [-0.25, -0.2) is 4.98 Å². The largest absolute Gasteiger partial charge is 0.472 e. The van der Waals surface area contributed by atoms with Crippen LogP contribution in [0.5, 0.6) is 0 Å². The number of aryl methyl sites for hydroxylation is 2. The van der Waals surface area contributed by atoms with Gasteiger partial charge in [-0.15, -0.1) is 0 Å². The van der Waals surface area contributed by atoms with Gasteiger partial charge in [0.1, 0.15) is 5.82 Å². The fourth-order valence-electron chi connectivity index (χ4n) is 1.39. The first-order valence-corrected chi connectivity index (χ1v) is 4.44. The Balaban J connectivity index is 2.53. The fraction of sp³-hybridized carbons (Fsp3) is 0.182. The summed E-state index contributed by atoms with van der Waals surface area (Å²) in [6, 6.07) is 2.01. The number of anilines is 1. The van der Waals surface area contributed by atoms with Crippen LogP contribution in [0.2, 0.25) is 0 Å². The highest BCUT2D eigenvalue weighted by Crippen LogP contribution is 2.25. The third-order valence-corrected chi connectivity index (χ3v) is 2.29. The van der Waals surface area contributed by atoms with Crippen molar-refractivity contribution in [2.75, 3.05) is 5.73 Å². The molecule has 0 aromatic carbocycles. The number of furan rings is 1. The minimum atomic E-state index is 0.579. The third-order valence-electron chi connectivity index (χ3n) is 2.29. The van der Waals surface area contributed by atoms with Crippen molar-refractivity contribution in [2.45, 2.75) is 13.8 Å². The van der Waals surface area contributed by atoms with Gasteiger partial charge in [-0.1, -0.05) is 0 Å².